The van der Waals surface area contributed by atoms with Crippen LogP contribution in [0.3, 0.4) is 0 Å². The van der Waals surface area contributed by atoms with E-state index in [1.165, 1.54) is 0 Å². The molecule has 0 aliphatic rings. The number of pyridine rings is 1. The van der Waals surface area contributed by atoms with E-state index in [1.54, 1.807) is 12.3 Å². The molecule has 0 saturated heterocycles. The first-order valence-corrected chi connectivity index (χ1v) is 6.04. The zero-order chi connectivity index (χ0) is 14.1. The van der Waals surface area contributed by atoms with Crippen LogP contribution >= 0.6 is 0 Å². The lowest BCUT2D eigenvalue weighted by atomic mass is 10.2. The van der Waals surface area contributed by atoms with Gasteiger partial charge in [-0.25, -0.2) is 0 Å². The largest absolute Gasteiger partial charge is 0.352 e. The van der Waals surface area contributed by atoms with Crippen LogP contribution in [0.1, 0.15) is 17.1 Å². The maximum absolute atomic E-state index is 8.79. The molecule has 0 fully saturated rings. The van der Waals surface area contributed by atoms with Crippen molar-refractivity contribution in [2.45, 2.75) is 13.8 Å². The monoisotopic (exact) mass is 265 g/mol. The van der Waals surface area contributed by atoms with Gasteiger partial charge in [0.05, 0.1) is 5.56 Å². The Morgan fingerprint density at radius 3 is 2.50 bits per heavy atom. The first-order chi connectivity index (χ1) is 9.65. The highest BCUT2D eigenvalue weighted by Crippen LogP contribution is 2.23. The number of aryl methyl sites for hydroxylation is 2. The number of H-pyrrole nitrogens is 1. The van der Waals surface area contributed by atoms with Crippen LogP contribution in [0, 0.1) is 25.2 Å². The Hall–Kier alpha value is -2.94. The van der Waals surface area contributed by atoms with Crippen LogP contribution in [0.2, 0.25) is 0 Å². The summed E-state index contributed by atoms with van der Waals surface area (Å²) in [7, 11) is 0. The minimum atomic E-state index is 0.380. The summed E-state index contributed by atoms with van der Waals surface area (Å²) in [6.07, 6.45) is 1.67. The van der Waals surface area contributed by atoms with Crippen molar-refractivity contribution in [1.29, 1.82) is 5.26 Å². The van der Waals surface area contributed by atoms with E-state index in [9.17, 15) is 0 Å². The first kappa shape index (κ1) is 12.1. The van der Waals surface area contributed by atoms with E-state index in [-0.39, 0.29) is 0 Å². The van der Waals surface area contributed by atoms with Gasteiger partial charge in [0.1, 0.15) is 11.8 Å². The normalized spacial score (nSPS) is 10.4. The molecule has 20 heavy (non-hydrogen) atoms. The number of hydrogen-bond donors (Lipinski definition) is 1. The van der Waals surface area contributed by atoms with Crippen LogP contribution in [-0.4, -0.2) is 20.1 Å². The molecule has 6 nitrogen and oxygen atoms in total. The van der Waals surface area contributed by atoms with Crippen molar-refractivity contribution in [1.82, 2.24) is 20.1 Å². The van der Waals surface area contributed by atoms with Crippen molar-refractivity contribution in [3.63, 3.8) is 0 Å². The van der Waals surface area contributed by atoms with Gasteiger partial charge in [0, 0.05) is 23.1 Å². The van der Waals surface area contributed by atoms with Gasteiger partial charge in [0.15, 0.2) is 0 Å². The quantitative estimate of drug-likeness (QED) is 0.769. The Balaban J connectivity index is 1.99. The zero-order valence-electron chi connectivity index (χ0n) is 11.0. The molecule has 3 rings (SSSR count). The van der Waals surface area contributed by atoms with Gasteiger partial charge in [-0.05, 0) is 32.0 Å². The average molecular weight is 265 g/mol. The van der Waals surface area contributed by atoms with Crippen molar-refractivity contribution >= 4 is 0 Å². The van der Waals surface area contributed by atoms with Crippen molar-refractivity contribution in [3.05, 3.63) is 41.5 Å². The maximum Gasteiger partial charge on any atom is 0.259 e. The predicted molar refractivity (Wildman–Crippen MR) is 71.5 cm³/mol. The summed E-state index contributed by atoms with van der Waals surface area (Å²) in [6.45, 7) is 3.84. The molecule has 0 atom stereocenters. The molecule has 0 unspecified atom stereocenters. The van der Waals surface area contributed by atoms with E-state index in [2.05, 4.69) is 20.1 Å². The Bertz CT molecular complexity index is 789. The molecular formula is C14H11N5O. The molecule has 1 N–H and O–H groups in total. The number of aromatic amines is 1. The molecule has 0 bridgehead atoms. The zero-order valence-corrected chi connectivity index (χ0v) is 11.0. The van der Waals surface area contributed by atoms with Gasteiger partial charge in [0.25, 0.3) is 5.89 Å². The van der Waals surface area contributed by atoms with E-state index in [1.807, 2.05) is 32.0 Å². The summed E-state index contributed by atoms with van der Waals surface area (Å²) in [5.41, 5.74) is 3.82. The van der Waals surface area contributed by atoms with Crippen LogP contribution in [0.5, 0.6) is 0 Å². The fourth-order valence-corrected chi connectivity index (χ4v) is 2.00. The molecule has 0 aromatic carbocycles. The van der Waals surface area contributed by atoms with E-state index in [4.69, 9.17) is 9.78 Å². The van der Waals surface area contributed by atoms with E-state index >= 15 is 0 Å². The van der Waals surface area contributed by atoms with E-state index < -0.39 is 0 Å². The number of aromatic nitrogens is 4. The molecule has 0 saturated carbocycles. The molecule has 0 spiro atoms. The topological polar surface area (TPSA) is 91.4 Å². The summed E-state index contributed by atoms with van der Waals surface area (Å²) in [5.74, 6) is 0.887. The summed E-state index contributed by atoms with van der Waals surface area (Å²) in [4.78, 5) is 11.5. The number of hydrogen-bond acceptors (Lipinski definition) is 5. The smallest absolute Gasteiger partial charge is 0.259 e. The van der Waals surface area contributed by atoms with Gasteiger partial charge in [-0.15, -0.1) is 0 Å². The highest BCUT2D eigenvalue weighted by molar-refractivity contribution is 5.60. The second kappa shape index (κ2) is 4.63. The Morgan fingerprint density at radius 2 is 1.85 bits per heavy atom. The highest BCUT2D eigenvalue weighted by Gasteiger charge is 2.12. The van der Waals surface area contributed by atoms with E-state index in [0.717, 1.165) is 17.0 Å². The fraction of sp³-hybridized carbons (Fsp3) is 0.143. The standard InChI is InChI=1S/C14H11N5O/c1-8-3-10(4-9(2)17-8)13-18-14(20-19-13)11-5-12(6-15)16-7-11/h3-5,7,16H,1-2H3. The molecule has 3 aromatic heterocycles. The molecule has 3 aromatic rings. The van der Waals surface area contributed by atoms with Crippen LogP contribution in [0.4, 0.5) is 0 Å². The molecular weight excluding hydrogens is 254 g/mol. The van der Waals surface area contributed by atoms with Crippen LogP contribution in [0.15, 0.2) is 28.9 Å². The van der Waals surface area contributed by atoms with E-state index in [0.29, 0.717) is 23.0 Å². The molecule has 98 valence electrons. The third-order valence-corrected chi connectivity index (χ3v) is 2.82. The number of rotatable bonds is 2. The lowest BCUT2D eigenvalue weighted by molar-refractivity contribution is 0.432. The van der Waals surface area contributed by atoms with Crippen molar-refractivity contribution < 1.29 is 4.52 Å². The molecule has 0 radical (unpaired) electrons. The van der Waals surface area contributed by atoms with Crippen LogP contribution in [0.25, 0.3) is 22.8 Å². The maximum atomic E-state index is 8.79. The number of nitriles is 1. The summed E-state index contributed by atoms with van der Waals surface area (Å²) >= 11 is 0. The Kier molecular flexibility index (Phi) is 2.80. The number of nitrogens with one attached hydrogen (secondary N) is 1. The van der Waals surface area contributed by atoms with Gasteiger partial charge in [-0.2, -0.15) is 10.2 Å². The minimum Gasteiger partial charge on any atom is -0.352 e. The van der Waals surface area contributed by atoms with Crippen molar-refractivity contribution in [3.8, 4) is 28.9 Å². The second-order valence-corrected chi connectivity index (χ2v) is 4.48. The van der Waals surface area contributed by atoms with Gasteiger partial charge in [-0.1, -0.05) is 5.16 Å². The SMILES string of the molecule is Cc1cc(-c2noc(-c3c[nH]c(C#N)c3)n2)cc(C)n1. The third-order valence-electron chi connectivity index (χ3n) is 2.82. The molecule has 0 aliphatic heterocycles. The number of nitrogens with zero attached hydrogens (tertiary/aromatic N) is 4. The Morgan fingerprint density at radius 1 is 1.10 bits per heavy atom. The summed E-state index contributed by atoms with van der Waals surface area (Å²) in [6, 6.07) is 7.49. The van der Waals surface area contributed by atoms with Crippen LogP contribution < -0.4 is 0 Å². The Labute approximate surface area is 115 Å². The predicted octanol–water partition coefficient (Wildman–Crippen LogP) is 2.62. The second-order valence-electron chi connectivity index (χ2n) is 4.48. The molecule has 6 heteroatoms. The lowest BCUT2D eigenvalue weighted by Crippen LogP contribution is -1.89. The minimum absolute atomic E-state index is 0.380. The highest BCUT2D eigenvalue weighted by atomic mass is 16.5. The first-order valence-electron chi connectivity index (χ1n) is 6.04. The van der Waals surface area contributed by atoms with Crippen molar-refractivity contribution in [2.75, 3.05) is 0 Å². The van der Waals surface area contributed by atoms with Crippen molar-refractivity contribution in [2.24, 2.45) is 0 Å². The van der Waals surface area contributed by atoms with Crippen LogP contribution in [-0.2, 0) is 0 Å². The molecule has 0 aliphatic carbocycles. The van der Waals surface area contributed by atoms with Gasteiger partial charge in [-0.3, -0.25) is 4.98 Å². The molecule has 0 amide bonds. The van der Waals surface area contributed by atoms with Gasteiger partial charge in [0.2, 0.25) is 5.82 Å². The fourth-order valence-electron chi connectivity index (χ4n) is 2.00. The van der Waals surface area contributed by atoms with Gasteiger partial charge >= 0.3 is 0 Å². The summed E-state index contributed by atoms with van der Waals surface area (Å²) < 4.78 is 5.23. The molecule has 3 heterocycles. The summed E-state index contributed by atoms with van der Waals surface area (Å²) in [5, 5.41) is 12.8. The van der Waals surface area contributed by atoms with Gasteiger partial charge < -0.3 is 9.51 Å². The lowest BCUT2D eigenvalue weighted by Gasteiger charge is -1.98. The third kappa shape index (κ3) is 2.17. The average Bonchev–Trinajstić information content (AvgIpc) is 3.06.